The quantitative estimate of drug-likeness (QED) is 0.270. The van der Waals surface area contributed by atoms with E-state index >= 15 is 0 Å². The van der Waals surface area contributed by atoms with Crippen molar-refractivity contribution >= 4 is 5.97 Å². The summed E-state index contributed by atoms with van der Waals surface area (Å²) in [6, 6.07) is 16.0. The third-order valence-corrected chi connectivity index (χ3v) is 8.27. The molecule has 0 spiro atoms. The van der Waals surface area contributed by atoms with Crippen molar-refractivity contribution in [1.29, 1.82) is 0 Å². The molecule has 4 aromatic rings. The van der Waals surface area contributed by atoms with Gasteiger partial charge in [0.2, 0.25) is 5.88 Å². The largest absolute Gasteiger partial charge is 0.488 e. The summed E-state index contributed by atoms with van der Waals surface area (Å²) in [7, 11) is 0. The van der Waals surface area contributed by atoms with Crippen LogP contribution in [0.15, 0.2) is 54.7 Å². The lowest BCUT2D eigenvalue weighted by Crippen LogP contribution is -2.42. The molecule has 1 atom stereocenters. The van der Waals surface area contributed by atoms with Gasteiger partial charge in [0.05, 0.1) is 44.4 Å². The highest BCUT2D eigenvalue weighted by Crippen LogP contribution is 2.34. The second kappa shape index (κ2) is 13.2. The Labute approximate surface area is 257 Å². The Hall–Kier alpha value is -4.25. The van der Waals surface area contributed by atoms with E-state index in [1.54, 1.807) is 13.0 Å². The Kier molecular flexibility index (Phi) is 8.92. The Morgan fingerprint density at radius 3 is 2.75 bits per heavy atom. The van der Waals surface area contributed by atoms with E-state index in [9.17, 15) is 9.90 Å². The number of rotatable bonds is 10. The maximum atomic E-state index is 11.7. The van der Waals surface area contributed by atoms with Crippen LogP contribution in [0.5, 0.6) is 11.6 Å². The van der Waals surface area contributed by atoms with E-state index < -0.39 is 5.97 Å². The highest BCUT2D eigenvalue weighted by molar-refractivity contribution is 5.90. The van der Waals surface area contributed by atoms with Gasteiger partial charge in [-0.3, -0.25) is 4.90 Å². The number of carbonyl (C=O) groups is 1. The van der Waals surface area contributed by atoms with Crippen molar-refractivity contribution in [3.8, 4) is 28.7 Å². The Morgan fingerprint density at radius 1 is 1.09 bits per heavy atom. The van der Waals surface area contributed by atoms with Gasteiger partial charge < -0.3 is 24.1 Å². The smallest absolute Gasteiger partial charge is 0.342 e. The summed E-state index contributed by atoms with van der Waals surface area (Å²) in [5.41, 5.74) is 7.73. The van der Waals surface area contributed by atoms with Gasteiger partial charge in [0, 0.05) is 25.2 Å². The fourth-order valence-electron chi connectivity index (χ4n) is 6.00. The predicted octanol–water partition coefficient (Wildman–Crippen LogP) is 5.00. The Morgan fingerprint density at radius 2 is 1.95 bits per heavy atom. The van der Waals surface area contributed by atoms with Crippen LogP contribution in [0.1, 0.15) is 45.1 Å². The van der Waals surface area contributed by atoms with Crippen LogP contribution >= 0.6 is 0 Å². The summed E-state index contributed by atoms with van der Waals surface area (Å²) in [5.74, 6) is 0.247. The summed E-state index contributed by atoms with van der Waals surface area (Å²) in [6.45, 7) is 11.6. The number of hydrogen-bond acceptors (Lipinski definition) is 8. The molecule has 44 heavy (non-hydrogen) atoms. The zero-order valence-corrected chi connectivity index (χ0v) is 25.4. The maximum Gasteiger partial charge on any atom is 0.342 e. The first-order valence-corrected chi connectivity index (χ1v) is 15.1. The number of carboxylic acid groups (broad SMARTS) is 1. The standard InChI is InChI=1S/C34H38N4O6/c1-4-42-33-29(34(39)40)17-35-38(33)31-10-6-9-30(36-31)28-8-5-7-22(2)32(28)44-20-25-12-11-24-18-37(14-13-27(24)23(25)3)19-26-21-41-15-16-43-26/h5-12,17,26H,4,13-16,18-21H2,1-3H3,(H,39,40). The van der Waals surface area contributed by atoms with Crippen LogP contribution in [0, 0.1) is 13.8 Å². The minimum Gasteiger partial charge on any atom is -0.488 e. The zero-order chi connectivity index (χ0) is 30.6. The molecule has 2 aliphatic rings. The highest BCUT2D eigenvalue weighted by atomic mass is 16.6. The number of pyridine rings is 1. The number of benzene rings is 2. The van der Waals surface area contributed by atoms with E-state index in [4.69, 9.17) is 23.9 Å². The molecule has 0 bridgehead atoms. The minimum absolute atomic E-state index is 0.0143. The fraction of sp³-hybridized carbons (Fsp3) is 0.382. The van der Waals surface area contributed by atoms with Crippen molar-refractivity contribution in [2.24, 2.45) is 0 Å². The second-order valence-corrected chi connectivity index (χ2v) is 11.2. The van der Waals surface area contributed by atoms with Gasteiger partial charge in [-0.2, -0.15) is 9.78 Å². The molecule has 10 heteroatoms. The first-order valence-electron chi connectivity index (χ1n) is 15.1. The van der Waals surface area contributed by atoms with Crippen LogP contribution in [0.25, 0.3) is 17.1 Å². The third kappa shape index (κ3) is 6.19. The number of hydrogen-bond donors (Lipinski definition) is 1. The summed E-state index contributed by atoms with van der Waals surface area (Å²) >= 11 is 0. The van der Waals surface area contributed by atoms with Crippen LogP contribution in [-0.4, -0.2) is 76.4 Å². The topological polar surface area (TPSA) is 108 Å². The van der Waals surface area contributed by atoms with Crippen molar-refractivity contribution in [3.05, 3.63) is 88.1 Å². The second-order valence-electron chi connectivity index (χ2n) is 11.2. The molecule has 1 fully saturated rings. The van der Waals surface area contributed by atoms with Crippen molar-refractivity contribution in [3.63, 3.8) is 0 Å². The normalized spacial score (nSPS) is 16.8. The van der Waals surface area contributed by atoms with Crippen LogP contribution in [0.3, 0.4) is 0 Å². The molecule has 230 valence electrons. The maximum absolute atomic E-state index is 11.7. The number of aromatic carboxylic acids is 1. The third-order valence-electron chi connectivity index (χ3n) is 8.27. The lowest BCUT2D eigenvalue weighted by atomic mass is 9.91. The van der Waals surface area contributed by atoms with Crippen molar-refractivity contribution < 1.29 is 28.8 Å². The van der Waals surface area contributed by atoms with Gasteiger partial charge >= 0.3 is 5.97 Å². The molecule has 0 saturated carbocycles. The summed E-state index contributed by atoms with van der Waals surface area (Å²) < 4.78 is 25.0. The molecule has 2 aromatic carbocycles. The Balaban J connectivity index is 1.21. The van der Waals surface area contributed by atoms with Crippen molar-refractivity contribution in [2.75, 3.05) is 39.5 Å². The number of fused-ring (bicyclic) bond motifs is 1. The molecule has 1 N–H and O–H groups in total. The van der Waals surface area contributed by atoms with E-state index in [0.717, 1.165) is 48.5 Å². The van der Waals surface area contributed by atoms with Crippen LogP contribution in [0.4, 0.5) is 0 Å². The van der Waals surface area contributed by atoms with Gasteiger partial charge in [-0.15, -0.1) is 0 Å². The van der Waals surface area contributed by atoms with Crippen LogP contribution in [-0.2, 0) is 29.0 Å². The summed E-state index contributed by atoms with van der Waals surface area (Å²) in [4.78, 5) is 19.0. The molecule has 1 unspecified atom stereocenters. The highest BCUT2D eigenvalue weighted by Gasteiger charge is 2.24. The van der Waals surface area contributed by atoms with Crippen molar-refractivity contribution in [2.45, 2.75) is 46.4 Å². The van der Waals surface area contributed by atoms with E-state index in [0.29, 0.717) is 44.5 Å². The number of ether oxygens (including phenoxy) is 4. The van der Waals surface area contributed by atoms with Crippen LogP contribution < -0.4 is 9.47 Å². The molecule has 2 aliphatic heterocycles. The molecule has 10 nitrogen and oxygen atoms in total. The fourth-order valence-corrected chi connectivity index (χ4v) is 6.00. The van der Waals surface area contributed by atoms with E-state index in [1.807, 2.05) is 37.3 Å². The van der Waals surface area contributed by atoms with Gasteiger partial charge in [-0.05, 0) is 73.2 Å². The molecule has 0 aliphatic carbocycles. The van der Waals surface area contributed by atoms with E-state index in [-0.39, 0.29) is 17.5 Å². The molecule has 1 saturated heterocycles. The average molecular weight is 599 g/mol. The first-order chi connectivity index (χ1) is 21.4. The molecule has 4 heterocycles. The molecular weight excluding hydrogens is 560 g/mol. The Bertz CT molecular complexity index is 1640. The SMILES string of the molecule is CCOc1c(C(=O)O)cnn1-c1cccc(-c2cccc(C)c2OCc2ccc3c(c2C)CCN(CC2COCCO2)C3)n1. The lowest BCUT2D eigenvalue weighted by molar-refractivity contribution is -0.0985. The summed E-state index contributed by atoms with van der Waals surface area (Å²) in [5, 5.41) is 13.8. The average Bonchev–Trinajstić information content (AvgIpc) is 3.46. The summed E-state index contributed by atoms with van der Waals surface area (Å²) in [6.07, 6.45) is 2.42. The van der Waals surface area contributed by atoms with Crippen LogP contribution in [0.2, 0.25) is 0 Å². The molecular formula is C34H38N4O6. The number of aromatic nitrogens is 3. The lowest BCUT2D eigenvalue weighted by Gasteiger charge is -2.34. The number of aryl methyl sites for hydroxylation is 1. The first kappa shape index (κ1) is 29.8. The number of carboxylic acids is 1. The molecule has 6 rings (SSSR count). The molecule has 2 aromatic heterocycles. The zero-order valence-electron chi connectivity index (χ0n) is 25.4. The number of para-hydroxylation sites is 1. The van der Waals surface area contributed by atoms with Gasteiger partial charge in [-0.25, -0.2) is 9.78 Å². The molecule has 0 amide bonds. The van der Waals surface area contributed by atoms with Gasteiger partial charge in [0.25, 0.3) is 0 Å². The predicted molar refractivity (Wildman–Crippen MR) is 165 cm³/mol. The van der Waals surface area contributed by atoms with E-state index in [2.05, 4.69) is 29.1 Å². The van der Waals surface area contributed by atoms with Gasteiger partial charge in [-0.1, -0.05) is 30.3 Å². The minimum atomic E-state index is -1.11. The van der Waals surface area contributed by atoms with E-state index in [1.165, 1.54) is 27.6 Å². The number of nitrogens with zero attached hydrogens (tertiary/aromatic N) is 4. The molecule has 0 radical (unpaired) electrons. The van der Waals surface area contributed by atoms with Gasteiger partial charge in [0.1, 0.15) is 17.9 Å². The van der Waals surface area contributed by atoms with Gasteiger partial charge in [0.15, 0.2) is 5.82 Å². The van der Waals surface area contributed by atoms with Crippen molar-refractivity contribution in [1.82, 2.24) is 19.7 Å². The monoisotopic (exact) mass is 598 g/mol.